The van der Waals surface area contributed by atoms with Crippen LogP contribution in [0.25, 0.3) is 11.3 Å². The minimum atomic E-state index is 0.234. The highest BCUT2D eigenvalue weighted by Crippen LogP contribution is 2.23. The first kappa shape index (κ1) is 12.2. The van der Waals surface area contributed by atoms with Crippen LogP contribution in [0.1, 0.15) is 18.4 Å². The molecule has 0 aliphatic carbocycles. The van der Waals surface area contributed by atoms with E-state index in [0.29, 0.717) is 5.92 Å². The van der Waals surface area contributed by atoms with Gasteiger partial charge in [-0.15, -0.1) is 11.3 Å². The van der Waals surface area contributed by atoms with E-state index in [2.05, 4.69) is 22.3 Å². The first-order chi connectivity index (χ1) is 8.33. The molecule has 2 rings (SSSR count). The Hall–Kier alpha value is -1.26. The molecule has 1 atom stereocenters. The van der Waals surface area contributed by atoms with Crippen molar-refractivity contribution >= 4 is 11.3 Å². The monoisotopic (exact) mass is 248 g/mol. The van der Waals surface area contributed by atoms with Gasteiger partial charge >= 0.3 is 0 Å². The van der Waals surface area contributed by atoms with Crippen molar-refractivity contribution in [2.75, 3.05) is 6.61 Å². The molecule has 2 aromatic rings. The van der Waals surface area contributed by atoms with Crippen LogP contribution in [0.2, 0.25) is 0 Å². The number of aliphatic hydroxyl groups excluding tert-OH is 1. The summed E-state index contributed by atoms with van der Waals surface area (Å²) < 4.78 is 0. The predicted molar refractivity (Wildman–Crippen MR) is 69.9 cm³/mol. The van der Waals surface area contributed by atoms with Crippen LogP contribution in [0, 0.1) is 5.92 Å². The van der Waals surface area contributed by atoms with Crippen molar-refractivity contribution in [1.29, 1.82) is 0 Å². The Bertz CT molecular complexity index is 451. The van der Waals surface area contributed by atoms with Crippen LogP contribution in [0.15, 0.2) is 29.9 Å². The van der Waals surface area contributed by atoms with E-state index in [1.165, 1.54) is 0 Å². The van der Waals surface area contributed by atoms with Crippen molar-refractivity contribution in [3.8, 4) is 11.3 Å². The highest BCUT2D eigenvalue weighted by Gasteiger charge is 2.10. The number of nitrogens with zero attached hydrogens (tertiary/aromatic N) is 2. The zero-order chi connectivity index (χ0) is 12.1. The first-order valence-corrected chi connectivity index (χ1v) is 6.67. The fourth-order valence-electron chi connectivity index (χ4n) is 1.64. The molecule has 0 aromatic carbocycles. The van der Waals surface area contributed by atoms with Gasteiger partial charge in [0.15, 0.2) is 0 Å². The van der Waals surface area contributed by atoms with E-state index in [1.54, 1.807) is 17.5 Å². The third-order valence-corrected chi connectivity index (χ3v) is 3.68. The van der Waals surface area contributed by atoms with Crippen LogP contribution >= 0.6 is 11.3 Å². The summed E-state index contributed by atoms with van der Waals surface area (Å²) in [5.41, 5.74) is 2.03. The fourth-order valence-corrected chi connectivity index (χ4v) is 2.56. The summed E-state index contributed by atoms with van der Waals surface area (Å²) >= 11 is 1.65. The van der Waals surface area contributed by atoms with E-state index in [0.717, 1.165) is 29.1 Å². The van der Waals surface area contributed by atoms with Crippen LogP contribution in [-0.2, 0) is 6.42 Å². The van der Waals surface area contributed by atoms with E-state index in [4.69, 9.17) is 0 Å². The average molecular weight is 248 g/mol. The highest BCUT2D eigenvalue weighted by atomic mass is 32.1. The second-order valence-electron chi connectivity index (χ2n) is 4.03. The maximum absolute atomic E-state index is 9.18. The third kappa shape index (κ3) is 3.11. The summed E-state index contributed by atoms with van der Waals surface area (Å²) in [6, 6.07) is 3.92. The highest BCUT2D eigenvalue weighted by molar-refractivity contribution is 7.09. The third-order valence-electron chi connectivity index (χ3n) is 2.81. The van der Waals surface area contributed by atoms with Crippen LogP contribution < -0.4 is 0 Å². The van der Waals surface area contributed by atoms with Crippen molar-refractivity contribution < 1.29 is 5.11 Å². The van der Waals surface area contributed by atoms with E-state index < -0.39 is 0 Å². The van der Waals surface area contributed by atoms with Gasteiger partial charge < -0.3 is 5.11 Å². The molecule has 0 amide bonds. The van der Waals surface area contributed by atoms with E-state index in [9.17, 15) is 5.11 Å². The molecule has 4 heteroatoms. The molecule has 3 nitrogen and oxygen atoms in total. The minimum absolute atomic E-state index is 0.234. The molecule has 1 N–H and O–H groups in total. The molecular weight excluding hydrogens is 232 g/mol. The van der Waals surface area contributed by atoms with E-state index in [-0.39, 0.29) is 6.61 Å². The molecule has 2 heterocycles. The SMILES string of the molecule is CCC(CO)Cc1nc(-c2cccnc2)cs1. The van der Waals surface area contributed by atoms with Crippen LogP contribution in [0.3, 0.4) is 0 Å². The molecule has 2 aromatic heterocycles. The summed E-state index contributed by atoms with van der Waals surface area (Å²) in [5, 5.41) is 12.3. The summed E-state index contributed by atoms with van der Waals surface area (Å²) in [5.74, 6) is 0.322. The van der Waals surface area contributed by atoms with Gasteiger partial charge in [0.2, 0.25) is 0 Å². The number of rotatable bonds is 5. The molecule has 0 saturated heterocycles. The zero-order valence-corrected chi connectivity index (χ0v) is 10.7. The molecule has 1 unspecified atom stereocenters. The Morgan fingerprint density at radius 3 is 3.00 bits per heavy atom. The second-order valence-corrected chi connectivity index (χ2v) is 4.97. The second kappa shape index (κ2) is 5.89. The molecule has 0 fully saturated rings. The summed E-state index contributed by atoms with van der Waals surface area (Å²) in [6.45, 7) is 2.33. The van der Waals surface area contributed by atoms with Gasteiger partial charge in [0.05, 0.1) is 10.7 Å². The topological polar surface area (TPSA) is 46.0 Å². The van der Waals surface area contributed by atoms with Crippen LogP contribution in [0.4, 0.5) is 0 Å². The Kier molecular flexibility index (Phi) is 4.23. The molecule has 0 aliphatic rings. The molecule has 17 heavy (non-hydrogen) atoms. The van der Waals surface area contributed by atoms with Crippen molar-refractivity contribution in [2.24, 2.45) is 5.92 Å². The number of hydrogen-bond acceptors (Lipinski definition) is 4. The normalized spacial score (nSPS) is 12.6. The van der Waals surface area contributed by atoms with Crippen molar-refractivity contribution in [2.45, 2.75) is 19.8 Å². The minimum Gasteiger partial charge on any atom is -0.396 e. The van der Waals surface area contributed by atoms with E-state index in [1.807, 2.05) is 18.3 Å². The predicted octanol–water partition coefficient (Wildman–Crippen LogP) is 2.77. The number of aliphatic hydroxyl groups is 1. The molecule has 0 radical (unpaired) electrons. The molecular formula is C13H16N2OS. The van der Waals surface area contributed by atoms with E-state index >= 15 is 0 Å². The van der Waals surface area contributed by atoms with Gasteiger partial charge in [-0.2, -0.15) is 0 Å². The molecule has 0 spiro atoms. The standard InChI is InChI=1S/C13H16N2OS/c1-2-10(8-16)6-13-15-12(9-17-13)11-4-3-5-14-7-11/h3-5,7,9-10,16H,2,6,8H2,1H3. The number of hydrogen-bond donors (Lipinski definition) is 1. The largest absolute Gasteiger partial charge is 0.396 e. The lowest BCUT2D eigenvalue weighted by Crippen LogP contribution is -2.07. The van der Waals surface area contributed by atoms with Gasteiger partial charge in [0.25, 0.3) is 0 Å². The lowest BCUT2D eigenvalue weighted by molar-refractivity contribution is 0.222. The maximum atomic E-state index is 9.18. The summed E-state index contributed by atoms with van der Waals surface area (Å²) in [7, 11) is 0. The number of pyridine rings is 1. The number of aromatic nitrogens is 2. The van der Waals surface area contributed by atoms with Gasteiger partial charge in [-0.05, 0) is 18.1 Å². The van der Waals surface area contributed by atoms with Gasteiger partial charge in [0.1, 0.15) is 0 Å². The summed E-state index contributed by atoms with van der Waals surface area (Å²) in [4.78, 5) is 8.67. The number of thiazole rings is 1. The van der Waals surface area contributed by atoms with Crippen LogP contribution in [-0.4, -0.2) is 21.7 Å². The molecule has 0 saturated carbocycles. The maximum Gasteiger partial charge on any atom is 0.0936 e. The summed E-state index contributed by atoms with van der Waals surface area (Å²) in [6.07, 6.45) is 5.42. The van der Waals surface area contributed by atoms with Gasteiger partial charge in [-0.25, -0.2) is 4.98 Å². The van der Waals surface area contributed by atoms with Crippen molar-refractivity contribution in [1.82, 2.24) is 9.97 Å². The smallest absolute Gasteiger partial charge is 0.0936 e. The fraction of sp³-hybridized carbons (Fsp3) is 0.385. The van der Waals surface area contributed by atoms with Crippen molar-refractivity contribution in [3.63, 3.8) is 0 Å². The average Bonchev–Trinajstić information content (AvgIpc) is 2.85. The Balaban J connectivity index is 2.11. The molecule has 0 aliphatic heterocycles. The quantitative estimate of drug-likeness (QED) is 0.885. The van der Waals surface area contributed by atoms with Crippen LogP contribution in [0.5, 0.6) is 0 Å². The molecule has 90 valence electrons. The molecule has 0 bridgehead atoms. The lowest BCUT2D eigenvalue weighted by atomic mass is 10.0. The zero-order valence-electron chi connectivity index (χ0n) is 9.84. The Labute approximate surface area is 105 Å². The van der Waals surface area contributed by atoms with Crippen molar-refractivity contribution in [3.05, 3.63) is 34.9 Å². The first-order valence-electron chi connectivity index (χ1n) is 5.79. The Morgan fingerprint density at radius 2 is 2.35 bits per heavy atom. The van der Waals surface area contributed by atoms with Gasteiger partial charge in [-0.1, -0.05) is 13.3 Å². The van der Waals surface area contributed by atoms with Gasteiger partial charge in [0, 0.05) is 36.4 Å². The lowest BCUT2D eigenvalue weighted by Gasteiger charge is -2.07. The Morgan fingerprint density at radius 1 is 1.47 bits per heavy atom. The van der Waals surface area contributed by atoms with Gasteiger partial charge in [-0.3, -0.25) is 4.98 Å².